The highest BCUT2D eigenvalue weighted by atomic mass is 127. The van der Waals surface area contributed by atoms with Crippen LogP contribution in [0.5, 0.6) is 5.75 Å². The SMILES string of the molecule is CN=C(NCc1ccc(OC)c(F)c1)NCC1(C)CCCS1.I. The standard InChI is InChI=1S/C16H24FN3OS.HI/c1-16(7-4-8-22-16)11-20-15(18-2)19-10-12-5-6-14(21-3)13(17)9-12;/h5-6,9H,4,7-8,10-11H2,1-3H3,(H2,18,19,20);1H. The quantitative estimate of drug-likeness (QED) is 0.408. The van der Waals surface area contributed by atoms with E-state index >= 15 is 0 Å². The van der Waals surface area contributed by atoms with Gasteiger partial charge in [0.05, 0.1) is 7.11 Å². The third-order valence-corrected chi connectivity index (χ3v) is 5.37. The zero-order valence-electron chi connectivity index (χ0n) is 13.8. The zero-order chi connectivity index (χ0) is 16.0. The normalized spacial score (nSPS) is 20.8. The number of hydrogen-bond donors (Lipinski definition) is 2. The van der Waals surface area contributed by atoms with Crippen LogP contribution in [0.3, 0.4) is 0 Å². The van der Waals surface area contributed by atoms with E-state index in [9.17, 15) is 4.39 Å². The Hall–Kier alpha value is -0.700. The Labute approximate surface area is 159 Å². The third kappa shape index (κ3) is 6.02. The first kappa shape index (κ1) is 20.3. The Balaban J connectivity index is 0.00000264. The lowest BCUT2D eigenvalue weighted by molar-refractivity contribution is 0.386. The molecule has 2 rings (SSSR count). The Morgan fingerprint density at radius 1 is 1.43 bits per heavy atom. The minimum atomic E-state index is -0.348. The Kier molecular flexibility index (Phi) is 8.46. The first-order chi connectivity index (χ1) is 10.6. The molecule has 130 valence electrons. The van der Waals surface area contributed by atoms with Gasteiger partial charge in [0.2, 0.25) is 0 Å². The van der Waals surface area contributed by atoms with Crippen molar-refractivity contribution < 1.29 is 9.13 Å². The van der Waals surface area contributed by atoms with Gasteiger partial charge in [0.15, 0.2) is 17.5 Å². The van der Waals surface area contributed by atoms with Crippen molar-refractivity contribution in [3.63, 3.8) is 0 Å². The second-order valence-corrected chi connectivity index (χ2v) is 7.33. The molecule has 1 aromatic carbocycles. The zero-order valence-corrected chi connectivity index (χ0v) is 17.0. The summed E-state index contributed by atoms with van der Waals surface area (Å²) >= 11 is 2.01. The van der Waals surface area contributed by atoms with Crippen LogP contribution in [0, 0.1) is 5.82 Å². The number of nitrogens with one attached hydrogen (secondary N) is 2. The van der Waals surface area contributed by atoms with Crippen LogP contribution in [-0.2, 0) is 6.54 Å². The molecule has 1 aliphatic heterocycles. The van der Waals surface area contributed by atoms with Gasteiger partial charge in [-0.25, -0.2) is 4.39 Å². The van der Waals surface area contributed by atoms with E-state index in [-0.39, 0.29) is 40.3 Å². The van der Waals surface area contributed by atoms with Crippen LogP contribution in [0.25, 0.3) is 0 Å². The summed E-state index contributed by atoms with van der Waals surface area (Å²) in [5.41, 5.74) is 0.850. The molecule has 1 fully saturated rings. The lowest BCUT2D eigenvalue weighted by atomic mass is 10.1. The van der Waals surface area contributed by atoms with Gasteiger partial charge in [0.25, 0.3) is 0 Å². The molecule has 0 radical (unpaired) electrons. The number of rotatable bonds is 5. The molecule has 0 amide bonds. The first-order valence-corrected chi connectivity index (χ1v) is 8.46. The van der Waals surface area contributed by atoms with E-state index in [1.165, 1.54) is 31.8 Å². The van der Waals surface area contributed by atoms with Crippen molar-refractivity contribution in [1.82, 2.24) is 10.6 Å². The second kappa shape index (κ2) is 9.56. The van der Waals surface area contributed by atoms with E-state index in [0.29, 0.717) is 6.54 Å². The monoisotopic (exact) mass is 453 g/mol. The smallest absolute Gasteiger partial charge is 0.191 e. The summed E-state index contributed by atoms with van der Waals surface area (Å²) in [6.45, 7) is 3.68. The van der Waals surface area contributed by atoms with Crippen LogP contribution in [0.4, 0.5) is 4.39 Å². The average Bonchev–Trinajstić information content (AvgIpc) is 2.94. The van der Waals surface area contributed by atoms with Crippen molar-refractivity contribution in [3.8, 4) is 5.75 Å². The van der Waals surface area contributed by atoms with E-state index in [4.69, 9.17) is 4.74 Å². The fourth-order valence-electron chi connectivity index (χ4n) is 2.47. The second-order valence-electron chi connectivity index (χ2n) is 5.65. The average molecular weight is 453 g/mol. The largest absolute Gasteiger partial charge is 0.494 e. The number of ether oxygens (including phenoxy) is 1. The molecule has 0 bridgehead atoms. The summed E-state index contributed by atoms with van der Waals surface area (Å²) in [5.74, 6) is 1.89. The molecule has 23 heavy (non-hydrogen) atoms. The lowest BCUT2D eigenvalue weighted by Gasteiger charge is -2.24. The van der Waals surface area contributed by atoms with Crippen molar-refractivity contribution in [2.24, 2.45) is 4.99 Å². The van der Waals surface area contributed by atoms with Gasteiger partial charge in [-0.2, -0.15) is 11.8 Å². The highest BCUT2D eigenvalue weighted by Crippen LogP contribution is 2.36. The Morgan fingerprint density at radius 2 is 2.22 bits per heavy atom. The summed E-state index contributed by atoms with van der Waals surface area (Å²) in [6, 6.07) is 4.96. The molecule has 0 saturated carbocycles. The lowest BCUT2D eigenvalue weighted by Crippen LogP contribution is -2.43. The number of hydrogen-bond acceptors (Lipinski definition) is 3. The van der Waals surface area contributed by atoms with Crippen molar-refractivity contribution >= 4 is 41.7 Å². The highest BCUT2D eigenvalue weighted by molar-refractivity contribution is 14.0. The molecule has 1 heterocycles. The first-order valence-electron chi connectivity index (χ1n) is 7.47. The molecule has 1 saturated heterocycles. The summed E-state index contributed by atoms with van der Waals surface area (Å²) in [7, 11) is 3.21. The number of halogens is 2. The van der Waals surface area contributed by atoms with Crippen molar-refractivity contribution in [2.75, 3.05) is 26.5 Å². The molecular formula is C16H25FIN3OS. The van der Waals surface area contributed by atoms with Gasteiger partial charge in [-0.3, -0.25) is 4.99 Å². The molecule has 1 unspecified atom stereocenters. The number of aliphatic imine (C=N–C) groups is 1. The maximum Gasteiger partial charge on any atom is 0.191 e. The summed E-state index contributed by atoms with van der Waals surface area (Å²) in [5, 5.41) is 6.57. The Morgan fingerprint density at radius 3 is 2.78 bits per heavy atom. The molecule has 2 N–H and O–H groups in total. The molecule has 1 atom stereocenters. The number of benzene rings is 1. The van der Waals surface area contributed by atoms with E-state index in [1.54, 1.807) is 13.1 Å². The molecule has 4 nitrogen and oxygen atoms in total. The fourth-order valence-corrected chi connectivity index (χ4v) is 3.72. The molecule has 0 aromatic heterocycles. The van der Waals surface area contributed by atoms with Gasteiger partial charge in [-0.05, 0) is 43.2 Å². The molecule has 7 heteroatoms. The maximum atomic E-state index is 13.7. The van der Waals surface area contributed by atoms with Crippen LogP contribution in [0.1, 0.15) is 25.3 Å². The molecule has 1 aliphatic rings. The number of guanidine groups is 1. The third-order valence-electron chi connectivity index (χ3n) is 3.83. The van der Waals surface area contributed by atoms with Crippen LogP contribution in [-0.4, -0.2) is 37.2 Å². The van der Waals surface area contributed by atoms with Crippen LogP contribution in [0.2, 0.25) is 0 Å². The minimum absolute atomic E-state index is 0. The van der Waals surface area contributed by atoms with Crippen LogP contribution >= 0.6 is 35.7 Å². The van der Waals surface area contributed by atoms with E-state index in [0.717, 1.165) is 18.1 Å². The van der Waals surface area contributed by atoms with E-state index in [2.05, 4.69) is 22.5 Å². The number of methoxy groups -OCH3 is 1. The van der Waals surface area contributed by atoms with Crippen molar-refractivity contribution in [3.05, 3.63) is 29.6 Å². The molecule has 0 aliphatic carbocycles. The van der Waals surface area contributed by atoms with Crippen LogP contribution < -0.4 is 15.4 Å². The molecule has 1 aromatic rings. The maximum absolute atomic E-state index is 13.7. The van der Waals surface area contributed by atoms with E-state index in [1.807, 2.05) is 17.8 Å². The topological polar surface area (TPSA) is 45.7 Å². The summed E-state index contributed by atoms with van der Waals surface area (Å²) < 4.78 is 18.9. The molecular weight excluding hydrogens is 428 g/mol. The predicted molar refractivity (Wildman–Crippen MR) is 107 cm³/mol. The van der Waals surface area contributed by atoms with Gasteiger partial charge >= 0.3 is 0 Å². The summed E-state index contributed by atoms with van der Waals surface area (Å²) in [6.07, 6.45) is 2.51. The van der Waals surface area contributed by atoms with Crippen molar-refractivity contribution in [1.29, 1.82) is 0 Å². The minimum Gasteiger partial charge on any atom is -0.494 e. The Bertz CT molecular complexity index is 536. The highest BCUT2D eigenvalue weighted by Gasteiger charge is 2.29. The predicted octanol–water partition coefficient (Wildman–Crippen LogP) is 3.40. The summed E-state index contributed by atoms with van der Waals surface area (Å²) in [4.78, 5) is 4.22. The van der Waals surface area contributed by atoms with Gasteiger partial charge in [-0.15, -0.1) is 24.0 Å². The van der Waals surface area contributed by atoms with Crippen LogP contribution in [0.15, 0.2) is 23.2 Å². The van der Waals surface area contributed by atoms with Gasteiger partial charge in [-0.1, -0.05) is 6.07 Å². The van der Waals surface area contributed by atoms with Crippen molar-refractivity contribution in [2.45, 2.75) is 31.1 Å². The molecule has 0 spiro atoms. The number of thioether (sulfide) groups is 1. The van der Waals surface area contributed by atoms with Gasteiger partial charge in [0.1, 0.15) is 0 Å². The van der Waals surface area contributed by atoms with Gasteiger partial charge in [0, 0.05) is 24.9 Å². The van der Waals surface area contributed by atoms with E-state index < -0.39 is 0 Å². The fraction of sp³-hybridized carbons (Fsp3) is 0.562. The van der Waals surface area contributed by atoms with Gasteiger partial charge < -0.3 is 15.4 Å². The number of nitrogens with zero attached hydrogens (tertiary/aromatic N) is 1.